The smallest absolute Gasteiger partial charge is 0.228 e. The second-order valence-electron chi connectivity index (χ2n) is 4.44. The molecule has 0 bridgehead atoms. The molecule has 0 aromatic carbocycles. The Morgan fingerprint density at radius 2 is 2.12 bits per heavy atom. The number of hydrogen-bond donors (Lipinski definition) is 3. The van der Waals surface area contributed by atoms with Crippen LogP contribution >= 0.6 is 0 Å². The van der Waals surface area contributed by atoms with Gasteiger partial charge in [0.05, 0.1) is 11.4 Å². The van der Waals surface area contributed by atoms with Crippen molar-refractivity contribution >= 4 is 17.4 Å². The number of nitrogens with zero attached hydrogens (tertiary/aromatic N) is 1. The summed E-state index contributed by atoms with van der Waals surface area (Å²) < 4.78 is 0. The van der Waals surface area contributed by atoms with Crippen molar-refractivity contribution in [1.29, 1.82) is 0 Å². The first kappa shape index (κ1) is 11.0. The highest BCUT2D eigenvalue weighted by Gasteiger charge is 2.22. The lowest BCUT2D eigenvalue weighted by Gasteiger charge is -2.20. The van der Waals surface area contributed by atoms with Crippen molar-refractivity contribution in [3.8, 4) is 0 Å². The molecule has 1 saturated carbocycles. The largest absolute Gasteiger partial charge is 0.394 e. The fourth-order valence-corrected chi connectivity index (χ4v) is 2.12. The second-order valence-corrected chi connectivity index (χ2v) is 4.44. The number of aromatic nitrogens is 2. The third kappa shape index (κ3) is 2.18. The van der Waals surface area contributed by atoms with Crippen LogP contribution in [-0.4, -0.2) is 16.1 Å². The van der Waals surface area contributed by atoms with Crippen LogP contribution in [0.1, 0.15) is 37.8 Å². The Bertz CT molecular complexity index is 379. The van der Waals surface area contributed by atoms with E-state index in [9.17, 15) is 4.79 Å². The van der Waals surface area contributed by atoms with Gasteiger partial charge in [-0.2, -0.15) is 5.10 Å². The molecule has 0 spiro atoms. The number of rotatable bonds is 2. The normalized spacial score (nSPS) is 17.3. The van der Waals surface area contributed by atoms with Gasteiger partial charge in [-0.3, -0.25) is 9.89 Å². The Labute approximate surface area is 94.8 Å². The van der Waals surface area contributed by atoms with Gasteiger partial charge in [-0.15, -0.1) is 0 Å². The first-order chi connectivity index (χ1) is 7.68. The highest BCUT2D eigenvalue weighted by molar-refractivity contribution is 5.94. The summed E-state index contributed by atoms with van der Waals surface area (Å²) in [7, 11) is 0. The molecular formula is C11H18N4O. The summed E-state index contributed by atoms with van der Waals surface area (Å²) in [6, 6.07) is 0. The van der Waals surface area contributed by atoms with Gasteiger partial charge in [0.2, 0.25) is 5.91 Å². The van der Waals surface area contributed by atoms with Crippen LogP contribution in [0.4, 0.5) is 11.5 Å². The summed E-state index contributed by atoms with van der Waals surface area (Å²) in [5.41, 5.74) is 7.09. The summed E-state index contributed by atoms with van der Waals surface area (Å²) in [5.74, 6) is 0.649. The van der Waals surface area contributed by atoms with Crippen molar-refractivity contribution < 1.29 is 4.79 Å². The second kappa shape index (κ2) is 4.55. The van der Waals surface area contributed by atoms with E-state index >= 15 is 0 Å². The van der Waals surface area contributed by atoms with Crippen molar-refractivity contribution in [2.45, 2.75) is 39.0 Å². The van der Waals surface area contributed by atoms with E-state index in [-0.39, 0.29) is 11.8 Å². The van der Waals surface area contributed by atoms with E-state index in [1.165, 1.54) is 6.42 Å². The van der Waals surface area contributed by atoms with Crippen LogP contribution < -0.4 is 11.1 Å². The van der Waals surface area contributed by atoms with E-state index in [1.54, 1.807) is 0 Å². The van der Waals surface area contributed by atoms with Gasteiger partial charge in [0, 0.05) is 5.92 Å². The first-order valence-electron chi connectivity index (χ1n) is 5.80. The lowest BCUT2D eigenvalue weighted by atomic mass is 9.89. The standard InChI is InChI=1S/C11H18N4O/c1-7-9(12)10(15-14-7)13-11(16)8-5-3-2-4-6-8/h8H,2-6,12H2,1H3,(H2,13,14,15,16). The highest BCUT2D eigenvalue weighted by atomic mass is 16.2. The van der Waals surface area contributed by atoms with Gasteiger partial charge in [-0.05, 0) is 19.8 Å². The molecule has 2 rings (SSSR count). The number of aryl methyl sites for hydroxylation is 1. The highest BCUT2D eigenvalue weighted by Crippen LogP contribution is 2.26. The number of aromatic amines is 1. The van der Waals surface area contributed by atoms with E-state index in [0.29, 0.717) is 11.5 Å². The molecule has 1 aliphatic rings. The maximum absolute atomic E-state index is 11.9. The molecule has 1 aliphatic carbocycles. The summed E-state index contributed by atoms with van der Waals surface area (Å²) in [5, 5.41) is 9.52. The summed E-state index contributed by atoms with van der Waals surface area (Å²) in [6.07, 6.45) is 5.50. The molecule has 4 N–H and O–H groups in total. The SMILES string of the molecule is Cc1[nH]nc(NC(=O)C2CCCCC2)c1N. The number of nitrogens with two attached hydrogens (primary N) is 1. The van der Waals surface area contributed by atoms with Crippen LogP contribution in [-0.2, 0) is 4.79 Å². The quantitative estimate of drug-likeness (QED) is 0.713. The maximum Gasteiger partial charge on any atom is 0.228 e. The van der Waals surface area contributed by atoms with Gasteiger partial charge in [-0.25, -0.2) is 0 Å². The van der Waals surface area contributed by atoms with Crippen molar-refractivity contribution in [1.82, 2.24) is 10.2 Å². The summed E-state index contributed by atoms with van der Waals surface area (Å²) >= 11 is 0. The van der Waals surface area contributed by atoms with E-state index < -0.39 is 0 Å². The molecule has 16 heavy (non-hydrogen) atoms. The van der Waals surface area contributed by atoms with Crippen LogP contribution in [0.5, 0.6) is 0 Å². The predicted octanol–water partition coefficient (Wildman–Crippen LogP) is 1.82. The molecule has 0 unspecified atom stereocenters. The molecular weight excluding hydrogens is 204 g/mol. The molecule has 1 aromatic rings. The fraction of sp³-hybridized carbons (Fsp3) is 0.636. The Morgan fingerprint density at radius 3 is 2.69 bits per heavy atom. The Morgan fingerprint density at radius 1 is 1.44 bits per heavy atom. The first-order valence-corrected chi connectivity index (χ1v) is 5.80. The molecule has 88 valence electrons. The molecule has 1 aromatic heterocycles. The topological polar surface area (TPSA) is 83.8 Å². The zero-order valence-corrected chi connectivity index (χ0v) is 9.55. The van der Waals surface area contributed by atoms with E-state index in [2.05, 4.69) is 15.5 Å². The number of hydrogen-bond acceptors (Lipinski definition) is 3. The molecule has 0 radical (unpaired) electrons. The van der Waals surface area contributed by atoms with Gasteiger partial charge in [0.25, 0.3) is 0 Å². The maximum atomic E-state index is 11.9. The summed E-state index contributed by atoms with van der Waals surface area (Å²) in [4.78, 5) is 11.9. The number of amides is 1. The number of H-pyrrole nitrogens is 1. The van der Waals surface area contributed by atoms with E-state index in [4.69, 9.17) is 5.73 Å². The summed E-state index contributed by atoms with van der Waals surface area (Å²) in [6.45, 7) is 1.83. The van der Waals surface area contributed by atoms with Gasteiger partial charge < -0.3 is 11.1 Å². The van der Waals surface area contributed by atoms with Gasteiger partial charge >= 0.3 is 0 Å². The minimum Gasteiger partial charge on any atom is -0.394 e. The van der Waals surface area contributed by atoms with Gasteiger partial charge in [0.15, 0.2) is 5.82 Å². The number of nitrogen functional groups attached to an aromatic ring is 1. The van der Waals surface area contributed by atoms with E-state index in [0.717, 1.165) is 31.4 Å². The molecule has 5 nitrogen and oxygen atoms in total. The predicted molar refractivity (Wildman–Crippen MR) is 62.9 cm³/mol. The van der Waals surface area contributed by atoms with Crippen molar-refractivity contribution in [3.63, 3.8) is 0 Å². The molecule has 0 saturated heterocycles. The van der Waals surface area contributed by atoms with Crippen molar-refractivity contribution in [2.75, 3.05) is 11.1 Å². The average Bonchev–Trinajstić information content (AvgIpc) is 2.62. The zero-order valence-electron chi connectivity index (χ0n) is 9.55. The molecule has 0 atom stereocenters. The molecule has 1 fully saturated rings. The molecule has 0 aliphatic heterocycles. The van der Waals surface area contributed by atoms with Crippen molar-refractivity contribution in [2.24, 2.45) is 5.92 Å². The Kier molecular flexibility index (Phi) is 3.12. The number of nitrogens with one attached hydrogen (secondary N) is 2. The fourth-order valence-electron chi connectivity index (χ4n) is 2.12. The Hall–Kier alpha value is -1.52. The van der Waals surface area contributed by atoms with Gasteiger partial charge in [-0.1, -0.05) is 19.3 Å². The zero-order chi connectivity index (χ0) is 11.5. The van der Waals surface area contributed by atoms with E-state index in [1.807, 2.05) is 6.92 Å². The monoisotopic (exact) mass is 222 g/mol. The lowest BCUT2D eigenvalue weighted by molar-refractivity contribution is -0.120. The van der Waals surface area contributed by atoms with Gasteiger partial charge in [0.1, 0.15) is 0 Å². The van der Waals surface area contributed by atoms with Crippen LogP contribution in [0.2, 0.25) is 0 Å². The van der Waals surface area contributed by atoms with Crippen LogP contribution in [0.3, 0.4) is 0 Å². The molecule has 5 heteroatoms. The number of carbonyl (C=O) groups is 1. The third-order valence-electron chi connectivity index (χ3n) is 3.21. The molecule has 1 heterocycles. The van der Waals surface area contributed by atoms with Crippen LogP contribution in [0.15, 0.2) is 0 Å². The van der Waals surface area contributed by atoms with Crippen LogP contribution in [0, 0.1) is 12.8 Å². The lowest BCUT2D eigenvalue weighted by Crippen LogP contribution is -2.25. The minimum absolute atomic E-state index is 0.0536. The number of carbonyl (C=O) groups excluding carboxylic acids is 1. The van der Waals surface area contributed by atoms with Crippen LogP contribution in [0.25, 0.3) is 0 Å². The number of anilines is 2. The third-order valence-corrected chi connectivity index (χ3v) is 3.21. The minimum atomic E-state index is 0.0536. The molecule has 1 amide bonds. The van der Waals surface area contributed by atoms with Crippen molar-refractivity contribution in [3.05, 3.63) is 5.69 Å². The Balaban J connectivity index is 1.98. The average molecular weight is 222 g/mol.